The van der Waals surface area contributed by atoms with Crippen LogP contribution < -0.4 is 0 Å². The second-order valence-corrected chi connectivity index (χ2v) is 11.9. The van der Waals surface area contributed by atoms with Gasteiger partial charge in [0.1, 0.15) is 0 Å². The number of hydrogen-bond donors (Lipinski definition) is 0. The monoisotopic (exact) mass is 558 g/mol. The summed E-state index contributed by atoms with van der Waals surface area (Å²) in [7, 11) is 0. The third-order valence-corrected chi connectivity index (χ3v) is 9.52. The number of benzene rings is 8. The molecule has 0 saturated heterocycles. The molecular formula is C44H30. The Hall–Kier alpha value is -5.46. The van der Waals surface area contributed by atoms with E-state index in [9.17, 15) is 0 Å². The SMILES string of the molecule is C1=Cc2c(c(-c3cc4ccccc4c4ccccc34)c3ccccc3c2-c2ccc(-c3cccc4ccccc34)cc2)CC1. The molecule has 0 N–H and O–H groups in total. The molecule has 0 heterocycles. The molecule has 0 spiro atoms. The summed E-state index contributed by atoms with van der Waals surface area (Å²) in [6.45, 7) is 0. The van der Waals surface area contributed by atoms with Crippen molar-refractivity contribution in [2.24, 2.45) is 0 Å². The molecule has 9 rings (SSSR count). The van der Waals surface area contributed by atoms with Gasteiger partial charge in [0, 0.05) is 0 Å². The molecule has 0 aromatic heterocycles. The largest absolute Gasteiger partial charge is 0.0836 e. The summed E-state index contributed by atoms with van der Waals surface area (Å²) in [5, 5.41) is 10.4. The highest BCUT2D eigenvalue weighted by Crippen LogP contribution is 2.47. The highest BCUT2D eigenvalue weighted by Gasteiger charge is 2.23. The van der Waals surface area contributed by atoms with Crippen LogP contribution in [-0.2, 0) is 6.42 Å². The lowest BCUT2D eigenvalue weighted by Gasteiger charge is -2.25. The van der Waals surface area contributed by atoms with Gasteiger partial charge in [-0.15, -0.1) is 0 Å². The molecule has 0 saturated carbocycles. The minimum absolute atomic E-state index is 1.04. The van der Waals surface area contributed by atoms with Crippen LogP contribution in [0.4, 0.5) is 0 Å². The van der Waals surface area contributed by atoms with E-state index < -0.39 is 0 Å². The van der Waals surface area contributed by atoms with E-state index in [1.165, 1.54) is 87.6 Å². The first-order chi connectivity index (χ1) is 21.8. The summed E-state index contributed by atoms with van der Waals surface area (Å²) in [5.41, 5.74) is 10.7. The summed E-state index contributed by atoms with van der Waals surface area (Å²) in [5.74, 6) is 0. The van der Waals surface area contributed by atoms with Crippen molar-refractivity contribution in [1.29, 1.82) is 0 Å². The average molecular weight is 559 g/mol. The first-order valence-corrected chi connectivity index (χ1v) is 15.6. The summed E-state index contributed by atoms with van der Waals surface area (Å²) in [6.07, 6.45) is 6.83. The van der Waals surface area contributed by atoms with Gasteiger partial charge < -0.3 is 0 Å². The third kappa shape index (κ3) is 3.85. The van der Waals surface area contributed by atoms with Crippen LogP contribution in [0, 0.1) is 0 Å². The maximum absolute atomic E-state index is 2.43. The summed E-state index contributed by atoms with van der Waals surface area (Å²) in [4.78, 5) is 0. The van der Waals surface area contributed by atoms with Crippen molar-refractivity contribution >= 4 is 49.2 Å². The molecule has 8 aromatic rings. The lowest BCUT2D eigenvalue weighted by atomic mass is 9.79. The van der Waals surface area contributed by atoms with Crippen molar-refractivity contribution in [2.45, 2.75) is 12.8 Å². The molecule has 8 aromatic carbocycles. The Kier molecular flexibility index (Phi) is 5.74. The summed E-state index contributed by atoms with van der Waals surface area (Å²) >= 11 is 0. The van der Waals surface area contributed by atoms with E-state index in [4.69, 9.17) is 0 Å². The van der Waals surface area contributed by atoms with Crippen molar-refractivity contribution < 1.29 is 0 Å². The Morgan fingerprint density at radius 2 is 0.977 bits per heavy atom. The van der Waals surface area contributed by atoms with E-state index in [1.807, 2.05) is 0 Å². The van der Waals surface area contributed by atoms with E-state index in [2.05, 4.69) is 158 Å². The maximum atomic E-state index is 2.43. The van der Waals surface area contributed by atoms with Gasteiger partial charge in [-0.1, -0.05) is 152 Å². The Morgan fingerprint density at radius 1 is 0.386 bits per heavy atom. The summed E-state index contributed by atoms with van der Waals surface area (Å²) in [6, 6.07) is 53.7. The van der Waals surface area contributed by atoms with Crippen LogP contribution in [0.5, 0.6) is 0 Å². The number of hydrogen-bond acceptors (Lipinski definition) is 0. The van der Waals surface area contributed by atoms with Gasteiger partial charge in [0.15, 0.2) is 0 Å². The highest BCUT2D eigenvalue weighted by molar-refractivity contribution is 6.19. The van der Waals surface area contributed by atoms with Crippen molar-refractivity contribution in [3.05, 3.63) is 163 Å². The molecule has 1 aliphatic rings. The quantitative estimate of drug-likeness (QED) is 0.189. The average Bonchev–Trinajstić information content (AvgIpc) is 3.10. The van der Waals surface area contributed by atoms with Crippen molar-refractivity contribution in [1.82, 2.24) is 0 Å². The molecule has 0 nitrogen and oxygen atoms in total. The molecule has 0 unspecified atom stereocenters. The molecule has 0 heteroatoms. The van der Waals surface area contributed by atoms with Crippen molar-refractivity contribution in [3.8, 4) is 33.4 Å². The molecular weight excluding hydrogens is 528 g/mol. The normalized spacial score (nSPS) is 12.7. The zero-order chi connectivity index (χ0) is 29.0. The molecule has 0 amide bonds. The second-order valence-electron chi connectivity index (χ2n) is 11.9. The van der Waals surface area contributed by atoms with E-state index >= 15 is 0 Å². The van der Waals surface area contributed by atoms with Gasteiger partial charge in [-0.2, -0.15) is 0 Å². The van der Waals surface area contributed by atoms with Gasteiger partial charge in [0.05, 0.1) is 0 Å². The fourth-order valence-corrected chi connectivity index (χ4v) is 7.56. The number of fused-ring (bicyclic) bond motifs is 6. The summed E-state index contributed by atoms with van der Waals surface area (Å²) < 4.78 is 0. The topological polar surface area (TPSA) is 0 Å². The second kappa shape index (κ2) is 10.1. The van der Waals surface area contributed by atoms with Crippen LogP contribution in [0.15, 0.2) is 152 Å². The van der Waals surface area contributed by atoms with E-state index in [0.29, 0.717) is 0 Å². The lowest BCUT2D eigenvalue weighted by Crippen LogP contribution is -2.03. The van der Waals surface area contributed by atoms with Gasteiger partial charge in [0.25, 0.3) is 0 Å². The molecule has 0 aliphatic heterocycles. The van der Waals surface area contributed by atoms with E-state index in [1.54, 1.807) is 0 Å². The van der Waals surface area contributed by atoms with Crippen molar-refractivity contribution in [3.63, 3.8) is 0 Å². The van der Waals surface area contributed by atoms with Gasteiger partial charge in [-0.3, -0.25) is 0 Å². The van der Waals surface area contributed by atoms with Gasteiger partial charge in [-0.05, 0) is 107 Å². The zero-order valence-electron chi connectivity index (χ0n) is 24.4. The van der Waals surface area contributed by atoms with Crippen LogP contribution in [0.25, 0.3) is 82.5 Å². The first kappa shape index (κ1) is 25.1. The minimum Gasteiger partial charge on any atom is -0.0836 e. The third-order valence-electron chi connectivity index (χ3n) is 9.52. The van der Waals surface area contributed by atoms with Crippen LogP contribution in [0.2, 0.25) is 0 Å². The Balaban J connectivity index is 1.30. The molecule has 206 valence electrons. The molecule has 0 fully saturated rings. The Morgan fingerprint density at radius 3 is 1.77 bits per heavy atom. The fourth-order valence-electron chi connectivity index (χ4n) is 7.56. The highest BCUT2D eigenvalue weighted by atomic mass is 14.3. The minimum atomic E-state index is 1.04. The molecule has 0 bridgehead atoms. The fraction of sp³-hybridized carbons (Fsp3) is 0.0455. The first-order valence-electron chi connectivity index (χ1n) is 15.6. The molecule has 0 atom stereocenters. The zero-order valence-corrected chi connectivity index (χ0v) is 24.4. The Bertz CT molecular complexity index is 2420. The van der Waals surface area contributed by atoms with Crippen molar-refractivity contribution in [2.75, 3.05) is 0 Å². The predicted molar refractivity (Wildman–Crippen MR) is 190 cm³/mol. The Labute approximate surface area is 257 Å². The van der Waals surface area contributed by atoms with Gasteiger partial charge in [-0.25, -0.2) is 0 Å². The van der Waals surface area contributed by atoms with Gasteiger partial charge >= 0.3 is 0 Å². The smallest absolute Gasteiger partial charge is 0.00297 e. The van der Waals surface area contributed by atoms with E-state index in [-0.39, 0.29) is 0 Å². The van der Waals surface area contributed by atoms with E-state index in [0.717, 1.165) is 12.8 Å². The van der Waals surface area contributed by atoms with Crippen LogP contribution in [-0.4, -0.2) is 0 Å². The van der Waals surface area contributed by atoms with Crippen LogP contribution in [0.1, 0.15) is 17.5 Å². The number of allylic oxidation sites excluding steroid dienone is 1. The molecule has 44 heavy (non-hydrogen) atoms. The predicted octanol–water partition coefficient (Wildman–Crippen LogP) is 12.3. The van der Waals surface area contributed by atoms with Gasteiger partial charge in [0.2, 0.25) is 0 Å². The number of rotatable bonds is 3. The lowest BCUT2D eigenvalue weighted by molar-refractivity contribution is 0.992. The van der Waals surface area contributed by atoms with Crippen LogP contribution >= 0.6 is 0 Å². The maximum Gasteiger partial charge on any atom is -0.00297 e. The molecule has 1 aliphatic carbocycles. The standard InChI is InChI=1S/C44H30/c1-3-15-33-29(12-1)14-11-23-34(33)30-24-26-31(27-25-30)43-38-19-7-9-21-40(38)44(41-22-10-8-20-39(41)43)42-28-32-13-2-4-16-35(32)36-17-5-6-18-37(36)42/h1-9,11-21,23-28H,10,22H2. The van der Waals surface area contributed by atoms with Crippen LogP contribution in [0.3, 0.4) is 0 Å². The molecule has 0 radical (unpaired) electrons.